The van der Waals surface area contributed by atoms with E-state index >= 15 is 0 Å². The molecule has 0 aliphatic heterocycles. The van der Waals surface area contributed by atoms with E-state index in [1.807, 2.05) is 36.4 Å². The molecule has 0 fully saturated rings. The Hall–Kier alpha value is -3.42. The van der Waals surface area contributed by atoms with Crippen molar-refractivity contribution < 1.29 is 14.3 Å². The molecule has 1 heterocycles. The zero-order chi connectivity index (χ0) is 22.1. The van der Waals surface area contributed by atoms with Crippen LogP contribution in [0, 0.1) is 0 Å². The lowest BCUT2D eigenvalue weighted by molar-refractivity contribution is -0.120. The van der Waals surface area contributed by atoms with Crippen LogP contribution in [0.1, 0.15) is 21.5 Å². The summed E-state index contributed by atoms with van der Waals surface area (Å²) < 4.78 is 5.76. The summed E-state index contributed by atoms with van der Waals surface area (Å²) in [6, 6.07) is 17.8. The molecule has 3 aromatic rings. The number of nitrogens with one attached hydrogen (secondary N) is 2. The van der Waals surface area contributed by atoms with E-state index in [0.717, 1.165) is 11.1 Å². The Bertz CT molecular complexity index is 1110. The highest BCUT2D eigenvalue weighted by atomic mass is 35.5. The van der Waals surface area contributed by atoms with Crippen LogP contribution in [0.25, 0.3) is 0 Å². The van der Waals surface area contributed by atoms with Crippen LogP contribution in [0.5, 0.6) is 5.75 Å². The highest BCUT2D eigenvalue weighted by molar-refractivity contribution is 6.32. The molecule has 7 nitrogen and oxygen atoms in total. The van der Waals surface area contributed by atoms with Gasteiger partial charge in [-0.15, -0.1) is 0 Å². The first-order chi connectivity index (χ1) is 15.0. The Balaban J connectivity index is 1.47. The Kier molecular flexibility index (Phi) is 7.98. The van der Waals surface area contributed by atoms with Gasteiger partial charge in [-0.05, 0) is 35.9 Å². The summed E-state index contributed by atoms with van der Waals surface area (Å²) in [5.41, 5.74) is 4.14. The van der Waals surface area contributed by atoms with Gasteiger partial charge in [0.2, 0.25) is 0 Å². The maximum Gasteiger partial charge on any atom is 0.259 e. The van der Waals surface area contributed by atoms with Gasteiger partial charge in [0, 0.05) is 16.8 Å². The average molecular weight is 457 g/mol. The SMILES string of the molecule is O=C(CNC(=O)c1cccnc1Cl)N/N=C/c1cccc(OCc2ccccc2Cl)c1. The minimum absolute atomic E-state index is 0.0649. The minimum Gasteiger partial charge on any atom is -0.489 e. The first kappa shape index (κ1) is 22.3. The van der Waals surface area contributed by atoms with E-state index < -0.39 is 11.8 Å². The Morgan fingerprint density at radius 2 is 1.90 bits per heavy atom. The highest BCUT2D eigenvalue weighted by Gasteiger charge is 2.11. The number of hydrogen-bond donors (Lipinski definition) is 2. The van der Waals surface area contributed by atoms with Gasteiger partial charge in [0.1, 0.15) is 17.5 Å². The number of pyridine rings is 1. The Morgan fingerprint density at radius 1 is 1.06 bits per heavy atom. The number of amides is 2. The highest BCUT2D eigenvalue weighted by Crippen LogP contribution is 2.19. The summed E-state index contributed by atoms with van der Waals surface area (Å²) in [7, 11) is 0. The van der Waals surface area contributed by atoms with Crippen molar-refractivity contribution in [2.75, 3.05) is 6.54 Å². The summed E-state index contributed by atoms with van der Waals surface area (Å²) in [6.07, 6.45) is 2.94. The summed E-state index contributed by atoms with van der Waals surface area (Å²) >= 11 is 12.0. The maximum absolute atomic E-state index is 12.0. The molecule has 2 N–H and O–H groups in total. The number of carbonyl (C=O) groups is 2. The van der Waals surface area contributed by atoms with Crippen molar-refractivity contribution in [1.82, 2.24) is 15.7 Å². The van der Waals surface area contributed by atoms with Gasteiger partial charge < -0.3 is 10.1 Å². The molecule has 0 aliphatic rings. The number of rotatable bonds is 8. The van der Waals surface area contributed by atoms with Crippen molar-refractivity contribution >= 4 is 41.2 Å². The second-order valence-corrected chi connectivity index (χ2v) is 7.04. The largest absolute Gasteiger partial charge is 0.489 e. The van der Waals surface area contributed by atoms with Crippen LogP contribution in [0.4, 0.5) is 0 Å². The first-order valence-electron chi connectivity index (χ1n) is 9.20. The van der Waals surface area contributed by atoms with Crippen molar-refractivity contribution in [3.8, 4) is 5.75 Å². The number of hydrazone groups is 1. The van der Waals surface area contributed by atoms with Crippen molar-refractivity contribution in [3.05, 3.63) is 93.7 Å². The number of aromatic nitrogens is 1. The lowest BCUT2D eigenvalue weighted by atomic mass is 10.2. The van der Waals surface area contributed by atoms with Crippen molar-refractivity contribution in [3.63, 3.8) is 0 Å². The monoisotopic (exact) mass is 456 g/mol. The van der Waals surface area contributed by atoms with Gasteiger partial charge >= 0.3 is 0 Å². The van der Waals surface area contributed by atoms with Crippen LogP contribution in [0.15, 0.2) is 72.0 Å². The minimum atomic E-state index is -0.499. The Morgan fingerprint density at radius 3 is 2.71 bits per heavy atom. The second-order valence-electron chi connectivity index (χ2n) is 6.27. The molecule has 1 aromatic heterocycles. The summed E-state index contributed by atoms with van der Waals surface area (Å²) in [4.78, 5) is 27.7. The third kappa shape index (κ3) is 6.80. The maximum atomic E-state index is 12.0. The molecule has 9 heteroatoms. The van der Waals surface area contributed by atoms with E-state index in [2.05, 4.69) is 20.8 Å². The zero-order valence-electron chi connectivity index (χ0n) is 16.2. The van der Waals surface area contributed by atoms with Crippen LogP contribution in [-0.4, -0.2) is 29.6 Å². The van der Waals surface area contributed by atoms with Crippen molar-refractivity contribution in [2.24, 2.45) is 5.10 Å². The molecule has 0 spiro atoms. The topological polar surface area (TPSA) is 92.7 Å². The van der Waals surface area contributed by atoms with Crippen LogP contribution in [-0.2, 0) is 11.4 Å². The van der Waals surface area contributed by atoms with E-state index in [4.69, 9.17) is 27.9 Å². The standard InChI is InChI=1S/C22H18Cl2N4O3/c23-19-9-2-1-6-16(19)14-31-17-7-3-5-15(11-17)12-27-28-20(29)13-26-22(30)18-8-4-10-25-21(18)24/h1-12H,13-14H2,(H,26,30)(H,28,29)/b27-12+. The summed E-state index contributed by atoms with van der Waals surface area (Å²) in [5.74, 6) is -0.354. The number of ether oxygens (including phenoxy) is 1. The van der Waals surface area contributed by atoms with E-state index in [1.165, 1.54) is 18.5 Å². The Labute approximate surface area is 189 Å². The molecule has 31 heavy (non-hydrogen) atoms. The van der Waals surface area contributed by atoms with E-state index in [-0.39, 0.29) is 17.3 Å². The van der Waals surface area contributed by atoms with Gasteiger partial charge in [0.05, 0.1) is 18.3 Å². The molecule has 0 aliphatic carbocycles. The van der Waals surface area contributed by atoms with Crippen molar-refractivity contribution in [2.45, 2.75) is 6.61 Å². The van der Waals surface area contributed by atoms with E-state index in [0.29, 0.717) is 17.4 Å². The van der Waals surface area contributed by atoms with Gasteiger partial charge in [0.25, 0.3) is 11.8 Å². The van der Waals surface area contributed by atoms with Gasteiger partial charge in [-0.3, -0.25) is 9.59 Å². The molecule has 158 valence electrons. The molecular weight excluding hydrogens is 439 g/mol. The van der Waals surface area contributed by atoms with Crippen LogP contribution in [0.3, 0.4) is 0 Å². The molecule has 0 atom stereocenters. The second kappa shape index (κ2) is 11.1. The van der Waals surface area contributed by atoms with Gasteiger partial charge in [-0.25, -0.2) is 10.4 Å². The van der Waals surface area contributed by atoms with E-state index in [9.17, 15) is 9.59 Å². The first-order valence-corrected chi connectivity index (χ1v) is 9.95. The summed E-state index contributed by atoms with van der Waals surface area (Å²) in [5, 5.41) is 7.05. The molecule has 0 bridgehead atoms. The molecule has 2 amide bonds. The van der Waals surface area contributed by atoms with Gasteiger partial charge in [0.15, 0.2) is 0 Å². The molecule has 0 radical (unpaired) electrons. The third-order valence-electron chi connectivity index (χ3n) is 4.03. The molecule has 0 saturated carbocycles. The predicted octanol–water partition coefficient (Wildman–Crippen LogP) is 3.85. The number of halogens is 2. The lowest BCUT2D eigenvalue weighted by Crippen LogP contribution is -2.35. The van der Waals surface area contributed by atoms with Gasteiger partial charge in [-0.1, -0.05) is 53.5 Å². The third-order valence-corrected chi connectivity index (χ3v) is 4.70. The molecule has 0 unspecified atom stereocenters. The zero-order valence-corrected chi connectivity index (χ0v) is 17.7. The van der Waals surface area contributed by atoms with Gasteiger partial charge in [-0.2, -0.15) is 5.10 Å². The molecule has 2 aromatic carbocycles. The lowest BCUT2D eigenvalue weighted by Gasteiger charge is -2.08. The fourth-order valence-electron chi connectivity index (χ4n) is 2.49. The summed E-state index contributed by atoms with van der Waals surface area (Å²) in [6.45, 7) is 0.0695. The van der Waals surface area contributed by atoms with Crippen molar-refractivity contribution in [1.29, 1.82) is 0 Å². The predicted molar refractivity (Wildman–Crippen MR) is 120 cm³/mol. The van der Waals surface area contributed by atoms with E-state index in [1.54, 1.807) is 18.2 Å². The smallest absolute Gasteiger partial charge is 0.259 e. The number of nitrogens with zero attached hydrogens (tertiary/aromatic N) is 2. The number of hydrogen-bond acceptors (Lipinski definition) is 5. The van der Waals surface area contributed by atoms with Crippen LogP contribution < -0.4 is 15.5 Å². The average Bonchev–Trinajstić information content (AvgIpc) is 2.77. The fourth-order valence-corrected chi connectivity index (χ4v) is 2.89. The number of benzene rings is 2. The quantitative estimate of drug-likeness (QED) is 0.305. The molecule has 0 saturated heterocycles. The molecule has 3 rings (SSSR count). The fraction of sp³-hybridized carbons (Fsp3) is 0.0909. The van der Waals surface area contributed by atoms with Crippen LogP contribution >= 0.6 is 23.2 Å². The number of carbonyl (C=O) groups excluding carboxylic acids is 2. The molecular formula is C22H18Cl2N4O3. The normalized spacial score (nSPS) is 10.6. The van der Waals surface area contributed by atoms with Crippen LogP contribution in [0.2, 0.25) is 10.2 Å².